The molecule has 0 saturated heterocycles. The Morgan fingerprint density at radius 1 is 1.05 bits per heavy atom. The van der Waals surface area contributed by atoms with Crippen molar-refractivity contribution in [2.45, 2.75) is 0 Å². The molecule has 0 atom stereocenters. The number of ether oxygens (including phenoxy) is 2. The van der Waals surface area contributed by atoms with Crippen molar-refractivity contribution in [1.82, 2.24) is 4.98 Å². The maximum absolute atomic E-state index is 5.95. The van der Waals surface area contributed by atoms with Crippen molar-refractivity contribution in [2.24, 2.45) is 0 Å². The predicted molar refractivity (Wildman–Crippen MR) is 82.6 cm³/mol. The number of benzene rings is 1. The van der Waals surface area contributed by atoms with E-state index in [1.54, 1.807) is 25.6 Å². The van der Waals surface area contributed by atoms with Crippen molar-refractivity contribution in [3.05, 3.63) is 35.8 Å². The van der Waals surface area contributed by atoms with Gasteiger partial charge in [-0.15, -0.1) is 11.3 Å². The third kappa shape index (κ3) is 2.06. The van der Waals surface area contributed by atoms with E-state index in [0.29, 0.717) is 11.5 Å². The van der Waals surface area contributed by atoms with Gasteiger partial charge in [-0.05, 0) is 23.8 Å². The summed E-state index contributed by atoms with van der Waals surface area (Å²) in [5, 5.41) is 2.90. The molecule has 2 N–H and O–H groups in total. The van der Waals surface area contributed by atoms with Gasteiger partial charge in [0.2, 0.25) is 0 Å². The molecule has 2 aromatic heterocycles. The fourth-order valence-corrected chi connectivity index (χ4v) is 2.89. The van der Waals surface area contributed by atoms with E-state index in [4.69, 9.17) is 15.2 Å². The summed E-state index contributed by atoms with van der Waals surface area (Å²) in [5.41, 5.74) is 8.73. The van der Waals surface area contributed by atoms with Gasteiger partial charge in [-0.2, -0.15) is 0 Å². The van der Waals surface area contributed by atoms with Crippen molar-refractivity contribution < 1.29 is 9.47 Å². The summed E-state index contributed by atoms with van der Waals surface area (Å²) in [4.78, 5) is 5.39. The van der Waals surface area contributed by atoms with Crippen LogP contribution in [0.1, 0.15) is 0 Å². The highest BCUT2D eigenvalue weighted by Crippen LogP contribution is 2.34. The monoisotopic (exact) mass is 286 g/mol. The minimum Gasteiger partial charge on any atom is -0.493 e. The predicted octanol–water partition coefficient (Wildman–Crippen LogP) is 3.56. The number of pyridine rings is 1. The maximum Gasteiger partial charge on any atom is 0.161 e. The van der Waals surface area contributed by atoms with Gasteiger partial charge >= 0.3 is 0 Å². The normalized spacial score (nSPS) is 10.7. The van der Waals surface area contributed by atoms with Crippen LogP contribution in [0.4, 0.5) is 5.69 Å². The molecule has 0 aliphatic rings. The number of anilines is 1. The average molecular weight is 286 g/mol. The van der Waals surface area contributed by atoms with Crippen molar-refractivity contribution in [1.29, 1.82) is 0 Å². The lowest BCUT2D eigenvalue weighted by atomic mass is 10.1. The van der Waals surface area contributed by atoms with Crippen molar-refractivity contribution >= 4 is 27.2 Å². The largest absolute Gasteiger partial charge is 0.493 e. The molecular formula is C15H14N2O2S. The third-order valence-electron chi connectivity index (χ3n) is 3.18. The molecule has 0 aliphatic heterocycles. The summed E-state index contributed by atoms with van der Waals surface area (Å²) in [6.45, 7) is 0. The summed E-state index contributed by atoms with van der Waals surface area (Å²) in [6.07, 6.45) is 1.85. The summed E-state index contributed by atoms with van der Waals surface area (Å²) >= 11 is 1.55. The molecule has 20 heavy (non-hydrogen) atoms. The highest BCUT2D eigenvalue weighted by atomic mass is 32.1. The van der Waals surface area contributed by atoms with Crippen LogP contribution in [0.25, 0.3) is 21.3 Å². The number of hydrogen-bond acceptors (Lipinski definition) is 5. The van der Waals surface area contributed by atoms with Crippen molar-refractivity contribution in [3.8, 4) is 22.6 Å². The molecule has 3 rings (SSSR count). The zero-order valence-electron chi connectivity index (χ0n) is 11.2. The third-order valence-corrected chi connectivity index (χ3v) is 4.10. The van der Waals surface area contributed by atoms with Gasteiger partial charge < -0.3 is 15.2 Å². The minimum atomic E-state index is 0.698. The summed E-state index contributed by atoms with van der Waals surface area (Å²) in [7, 11) is 3.25. The fraction of sp³-hybridized carbons (Fsp3) is 0.133. The van der Waals surface area contributed by atoms with Gasteiger partial charge in [0.05, 0.1) is 19.9 Å². The first kappa shape index (κ1) is 12.7. The van der Waals surface area contributed by atoms with Gasteiger partial charge in [-0.25, -0.2) is 4.98 Å². The van der Waals surface area contributed by atoms with Gasteiger partial charge in [-0.1, -0.05) is 6.07 Å². The summed E-state index contributed by atoms with van der Waals surface area (Å²) < 4.78 is 10.6. The zero-order valence-corrected chi connectivity index (χ0v) is 12.0. The van der Waals surface area contributed by atoms with E-state index < -0.39 is 0 Å². The van der Waals surface area contributed by atoms with E-state index in [2.05, 4.69) is 11.1 Å². The Morgan fingerprint density at radius 3 is 2.60 bits per heavy atom. The average Bonchev–Trinajstić information content (AvgIpc) is 2.87. The van der Waals surface area contributed by atoms with Crippen molar-refractivity contribution in [3.63, 3.8) is 0 Å². The second kappa shape index (κ2) is 5.02. The zero-order chi connectivity index (χ0) is 14.1. The van der Waals surface area contributed by atoms with Crippen LogP contribution in [0, 0.1) is 0 Å². The molecule has 0 spiro atoms. The van der Waals surface area contributed by atoms with Crippen molar-refractivity contribution in [2.75, 3.05) is 20.0 Å². The molecule has 0 bridgehead atoms. The van der Waals surface area contributed by atoms with E-state index in [-0.39, 0.29) is 0 Å². The SMILES string of the molecule is COc1ccc(-c2cnc3scc(N)c3c2)cc1OC. The van der Waals surface area contributed by atoms with Crippen LogP contribution in [-0.2, 0) is 0 Å². The molecular weight excluding hydrogens is 272 g/mol. The number of hydrogen-bond donors (Lipinski definition) is 1. The standard InChI is InChI=1S/C15H14N2O2S/c1-18-13-4-3-9(6-14(13)19-2)10-5-11-12(16)8-20-15(11)17-7-10/h3-8H,16H2,1-2H3. The molecule has 0 fully saturated rings. The molecule has 0 amide bonds. The molecule has 1 aromatic carbocycles. The van der Waals surface area contributed by atoms with Crippen LogP contribution in [0.5, 0.6) is 11.5 Å². The number of fused-ring (bicyclic) bond motifs is 1. The lowest BCUT2D eigenvalue weighted by Gasteiger charge is -2.09. The van der Waals surface area contributed by atoms with Gasteiger partial charge in [0, 0.05) is 22.5 Å². The van der Waals surface area contributed by atoms with Gasteiger partial charge in [-0.3, -0.25) is 0 Å². The highest BCUT2D eigenvalue weighted by molar-refractivity contribution is 7.17. The topological polar surface area (TPSA) is 57.4 Å². The minimum absolute atomic E-state index is 0.698. The van der Waals surface area contributed by atoms with Crippen LogP contribution < -0.4 is 15.2 Å². The number of methoxy groups -OCH3 is 2. The van der Waals surface area contributed by atoms with E-state index >= 15 is 0 Å². The van der Waals surface area contributed by atoms with Crippen LogP contribution in [0.15, 0.2) is 35.8 Å². The van der Waals surface area contributed by atoms with Crippen LogP contribution in [0.3, 0.4) is 0 Å². The van der Waals surface area contributed by atoms with Crippen LogP contribution in [-0.4, -0.2) is 19.2 Å². The Labute approximate surface area is 120 Å². The Bertz CT molecular complexity index is 768. The molecule has 0 aliphatic carbocycles. The summed E-state index contributed by atoms with van der Waals surface area (Å²) in [5.74, 6) is 1.41. The smallest absolute Gasteiger partial charge is 0.161 e. The molecule has 4 nitrogen and oxygen atoms in total. The quantitative estimate of drug-likeness (QED) is 0.799. The fourth-order valence-electron chi connectivity index (χ4n) is 2.11. The number of nitrogens with zero attached hydrogens (tertiary/aromatic N) is 1. The Balaban J connectivity index is 2.12. The highest BCUT2D eigenvalue weighted by Gasteiger charge is 2.09. The second-order valence-electron chi connectivity index (χ2n) is 4.34. The number of nitrogens with two attached hydrogens (primary N) is 1. The molecule has 3 aromatic rings. The molecule has 5 heteroatoms. The first-order valence-corrected chi connectivity index (χ1v) is 6.96. The van der Waals surface area contributed by atoms with E-state index in [1.165, 1.54) is 0 Å². The first-order valence-electron chi connectivity index (χ1n) is 6.08. The van der Waals surface area contributed by atoms with E-state index in [9.17, 15) is 0 Å². The second-order valence-corrected chi connectivity index (χ2v) is 5.20. The lowest BCUT2D eigenvalue weighted by Crippen LogP contribution is -1.91. The molecule has 0 saturated carbocycles. The number of nitrogen functional groups attached to an aromatic ring is 1. The molecule has 102 valence electrons. The maximum atomic E-state index is 5.95. The Hall–Kier alpha value is -2.27. The van der Waals surface area contributed by atoms with E-state index in [1.807, 2.05) is 29.8 Å². The lowest BCUT2D eigenvalue weighted by molar-refractivity contribution is 0.355. The number of thiophene rings is 1. The van der Waals surface area contributed by atoms with Gasteiger partial charge in [0.25, 0.3) is 0 Å². The molecule has 0 radical (unpaired) electrons. The Kier molecular flexibility index (Phi) is 3.20. The van der Waals surface area contributed by atoms with Gasteiger partial charge in [0.1, 0.15) is 4.83 Å². The molecule has 2 heterocycles. The summed E-state index contributed by atoms with van der Waals surface area (Å²) in [6, 6.07) is 7.85. The number of aromatic nitrogens is 1. The van der Waals surface area contributed by atoms with Crippen LogP contribution >= 0.6 is 11.3 Å². The van der Waals surface area contributed by atoms with Crippen LogP contribution in [0.2, 0.25) is 0 Å². The first-order chi connectivity index (χ1) is 9.72. The Morgan fingerprint density at radius 2 is 1.85 bits per heavy atom. The van der Waals surface area contributed by atoms with Gasteiger partial charge in [0.15, 0.2) is 11.5 Å². The number of rotatable bonds is 3. The molecule has 0 unspecified atom stereocenters. The van der Waals surface area contributed by atoms with E-state index in [0.717, 1.165) is 27.0 Å².